The molecule has 0 atom stereocenters. The highest BCUT2D eigenvalue weighted by molar-refractivity contribution is 5.94. The minimum Gasteiger partial charge on any atom is -0.477 e. The van der Waals surface area contributed by atoms with Crippen molar-refractivity contribution in [3.8, 4) is 5.88 Å². The van der Waals surface area contributed by atoms with Gasteiger partial charge in [0, 0.05) is 24.4 Å². The van der Waals surface area contributed by atoms with Gasteiger partial charge in [0.25, 0.3) is 5.91 Å². The van der Waals surface area contributed by atoms with E-state index in [1.165, 1.54) is 31.2 Å². The predicted molar refractivity (Wildman–Crippen MR) is 89.9 cm³/mol. The van der Waals surface area contributed by atoms with Crippen LogP contribution in [0.3, 0.4) is 0 Å². The molecule has 1 saturated carbocycles. The Hall–Kier alpha value is -2.57. The smallest absolute Gasteiger partial charge is 0.416 e. The number of carbonyl (C=O) groups excluding carboxylic acids is 1. The third-order valence-corrected chi connectivity index (χ3v) is 4.14. The Balaban J connectivity index is 1.48. The predicted octanol–water partition coefficient (Wildman–Crippen LogP) is 3.86. The monoisotopic (exact) mass is 364 g/mol. The molecule has 1 heterocycles. The number of benzene rings is 1. The molecule has 1 aliphatic rings. The normalized spacial score (nSPS) is 14.1. The van der Waals surface area contributed by atoms with Gasteiger partial charge in [0.15, 0.2) is 0 Å². The summed E-state index contributed by atoms with van der Waals surface area (Å²) < 4.78 is 43.1. The van der Waals surface area contributed by atoms with Crippen molar-refractivity contribution in [3.05, 3.63) is 59.3 Å². The number of amides is 1. The summed E-state index contributed by atoms with van der Waals surface area (Å²) in [6.07, 6.45) is -0.0331. The third-order valence-electron chi connectivity index (χ3n) is 4.14. The SMILES string of the molecule is O=C(NCCc1ccc(C(F)(F)F)cc1)c1ccnc(OCC2CC2)c1. The molecular formula is C19H19F3N2O2. The molecule has 0 saturated heterocycles. The van der Waals surface area contributed by atoms with E-state index in [-0.39, 0.29) is 5.91 Å². The average Bonchev–Trinajstić information content (AvgIpc) is 3.44. The van der Waals surface area contributed by atoms with Gasteiger partial charge in [-0.3, -0.25) is 4.79 Å². The molecule has 1 amide bonds. The van der Waals surface area contributed by atoms with E-state index in [4.69, 9.17) is 4.74 Å². The quantitative estimate of drug-likeness (QED) is 0.812. The Labute approximate surface area is 149 Å². The van der Waals surface area contributed by atoms with Gasteiger partial charge in [0.2, 0.25) is 5.88 Å². The van der Waals surface area contributed by atoms with Crippen molar-refractivity contribution in [3.63, 3.8) is 0 Å². The number of rotatable bonds is 7. The first-order chi connectivity index (χ1) is 12.4. The molecule has 1 aliphatic carbocycles. The maximum absolute atomic E-state index is 12.5. The molecule has 0 aliphatic heterocycles. The molecule has 3 rings (SSSR count). The Morgan fingerprint density at radius 1 is 1.19 bits per heavy atom. The maximum atomic E-state index is 12.5. The topological polar surface area (TPSA) is 51.2 Å². The number of ether oxygens (including phenoxy) is 1. The number of nitrogens with one attached hydrogen (secondary N) is 1. The Morgan fingerprint density at radius 2 is 1.92 bits per heavy atom. The molecule has 1 aromatic carbocycles. The van der Waals surface area contributed by atoms with E-state index in [2.05, 4.69) is 10.3 Å². The summed E-state index contributed by atoms with van der Waals surface area (Å²) in [5, 5.41) is 2.75. The van der Waals surface area contributed by atoms with Gasteiger partial charge in [-0.05, 0) is 48.9 Å². The van der Waals surface area contributed by atoms with Gasteiger partial charge >= 0.3 is 6.18 Å². The first-order valence-electron chi connectivity index (χ1n) is 8.45. The molecule has 1 aromatic heterocycles. The number of halogens is 3. The molecule has 26 heavy (non-hydrogen) atoms. The van der Waals surface area contributed by atoms with Gasteiger partial charge in [-0.25, -0.2) is 4.98 Å². The molecule has 0 spiro atoms. The molecule has 1 N–H and O–H groups in total. The zero-order valence-corrected chi connectivity index (χ0v) is 14.1. The molecule has 7 heteroatoms. The fraction of sp³-hybridized carbons (Fsp3) is 0.368. The van der Waals surface area contributed by atoms with Crippen molar-refractivity contribution in [2.45, 2.75) is 25.4 Å². The van der Waals surface area contributed by atoms with Crippen LogP contribution in [0.1, 0.15) is 34.3 Å². The van der Waals surface area contributed by atoms with Crippen LogP contribution in [-0.2, 0) is 12.6 Å². The van der Waals surface area contributed by atoms with Crippen LogP contribution in [0, 0.1) is 5.92 Å². The summed E-state index contributed by atoms with van der Waals surface area (Å²) in [6.45, 7) is 0.941. The third kappa shape index (κ3) is 5.21. The maximum Gasteiger partial charge on any atom is 0.416 e. The summed E-state index contributed by atoms with van der Waals surface area (Å²) in [5.41, 5.74) is 0.487. The van der Waals surface area contributed by atoms with Crippen molar-refractivity contribution in [1.29, 1.82) is 0 Å². The number of pyridine rings is 1. The molecule has 138 valence electrons. The zero-order valence-electron chi connectivity index (χ0n) is 14.1. The molecule has 0 bridgehead atoms. The van der Waals surface area contributed by atoms with Gasteiger partial charge in [-0.15, -0.1) is 0 Å². The van der Waals surface area contributed by atoms with Crippen LogP contribution in [0.25, 0.3) is 0 Å². The highest BCUT2D eigenvalue weighted by Crippen LogP contribution is 2.29. The molecule has 1 fully saturated rings. The first kappa shape index (κ1) is 18.2. The summed E-state index contributed by atoms with van der Waals surface area (Å²) in [6, 6.07) is 8.12. The number of carbonyl (C=O) groups is 1. The van der Waals surface area contributed by atoms with Crippen molar-refractivity contribution >= 4 is 5.91 Å². The lowest BCUT2D eigenvalue weighted by molar-refractivity contribution is -0.137. The van der Waals surface area contributed by atoms with Crippen molar-refractivity contribution < 1.29 is 22.7 Å². The minimum atomic E-state index is -4.34. The van der Waals surface area contributed by atoms with Gasteiger partial charge in [-0.1, -0.05) is 12.1 Å². The Bertz CT molecular complexity index is 756. The highest BCUT2D eigenvalue weighted by Gasteiger charge is 2.29. The molecule has 2 aromatic rings. The summed E-state index contributed by atoms with van der Waals surface area (Å²) in [7, 11) is 0. The molecule has 4 nitrogen and oxygen atoms in total. The second-order valence-electron chi connectivity index (χ2n) is 6.34. The molecule has 0 radical (unpaired) electrons. The van der Waals surface area contributed by atoms with Gasteiger partial charge in [0.05, 0.1) is 12.2 Å². The van der Waals surface area contributed by atoms with E-state index in [0.717, 1.165) is 17.7 Å². The lowest BCUT2D eigenvalue weighted by atomic mass is 10.1. The van der Waals surface area contributed by atoms with E-state index in [9.17, 15) is 18.0 Å². The van der Waals surface area contributed by atoms with Crippen LogP contribution in [0.5, 0.6) is 5.88 Å². The van der Waals surface area contributed by atoms with Gasteiger partial charge < -0.3 is 10.1 Å². The second kappa shape index (κ2) is 7.76. The first-order valence-corrected chi connectivity index (χ1v) is 8.45. The number of hydrogen-bond donors (Lipinski definition) is 1. The number of nitrogens with zero attached hydrogens (tertiary/aromatic N) is 1. The van der Waals surface area contributed by atoms with Crippen LogP contribution in [0.4, 0.5) is 13.2 Å². The van der Waals surface area contributed by atoms with Gasteiger partial charge in [-0.2, -0.15) is 13.2 Å². The van der Waals surface area contributed by atoms with Crippen LogP contribution in [0.2, 0.25) is 0 Å². The van der Waals surface area contributed by atoms with Crippen molar-refractivity contribution in [2.24, 2.45) is 5.92 Å². The largest absolute Gasteiger partial charge is 0.477 e. The average molecular weight is 364 g/mol. The van der Waals surface area contributed by atoms with Crippen LogP contribution < -0.4 is 10.1 Å². The van der Waals surface area contributed by atoms with Gasteiger partial charge in [0.1, 0.15) is 0 Å². The molecule has 0 unspecified atom stereocenters. The van der Waals surface area contributed by atoms with E-state index in [1.807, 2.05) is 0 Å². The van der Waals surface area contributed by atoms with Crippen LogP contribution >= 0.6 is 0 Å². The van der Waals surface area contributed by atoms with E-state index in [0.29, 0.717) is 36.9 Å². The highest BCUT2D eigenvalue weighted by atomic mass is 19.4. The lowest BCUT2D eigenvalue weighted by Gasteiger charge is -2.09. The van der Waals surface area contributed by atoms with Crippen molar-refractivity contribution in [1.82, 2.24) is 10.3 Å². The summed E-state index contributed by atoms with van der Waals surface area (Å²) in [5.74, 6) is 0.751. The van der Waals surface area contributed by atoms with E-state index < -0.39 is 11.7 Å². The Kier molecular flexibility index (Phi) is 5.44. The second-order valence-corrected chi connectivity index (χ2v) is 6.34. The Morgan fingerprint density at radius 3 is 2.58 bits per heavy atom. The molecular weight excluding hydrogens is 345 g/mol. The van der Waals surface area contributed by atoms with E-state index in [1.54, 1.807) is 12.1 Å². The summed E-state index contributed by atoms with van der Waals surface area (Å²) in [4.78, 5) is 16.3. The number of hydrogen-bond acceptors (Lipinski definition) is 3. The number of aromatic nitrogens is 1. The van der Waals surface area contributed by atoms with E-state index >= 15 is 0 Å². The zero-order chi connectivity index (χ0) is 18.6. The fourth-order valence-corrected chi connectivity index (χ4v) is 2.40. The van der Waals surface area contributed by atoms with Crippen LogP contribution in [0.15, 0.2) is 42.6 Å². The van der Waals surface area contributed by atoms with Crippen molar-refractivity contribution in [2.75, 3.05) is 13.2 Å². The fourth-order valence-electron chi connectivity index (χ4n) is 2.40. The lowest BCUT2D eigenvalue weighted by Crippen LogP contribution is -2.25. The minimum absolute atomic E-state index is 0.268. The standard InChI is InChI=1S/C19H19F3N2O2/c20-19(21,22)16-5-3-13(4-6-16)7-9-24-18(25)15-8-10-23-17(11-15)26-12-14-1-2-14/h3-6,8,10-11,14H,1-2,7,9,12H2,(H,24,25). The van der Waals surface area contributed by atoms with Crippen LogP contribution in [-0.4, -0.2) is 24.0 Å². The number of alkyl halides is 3. The summed E-state index contributed by atoms with van der Waals surface area (Å²) >= 11 is 0.